The van der Waals surface area contributed by atoms with Gasteiger partial charge in [0.15, 0.2) is 0 Å². The summed E-state index contributed by atoms with van der Waals surface area (Å²) in [4.78, 5) is 11.9. The predicted molar refractivity (Wildman–Crippen MR) is 84.2 cm³/mol. The molecule has 0 aromatic heterocycles. The van der Waals surface area contributed by atoms with Crippen molar-refractivity contribution in [2.24, 2.45) is 5.92 Å². The van der Waals surface area contributed by atoms with Crippen molar-refractivity contribution in [1.29, 1.82) is 0 Å². The molecule has 2 aromatic carbocycles. The number of benzene rings is 2. The van der Waals surface area contributed by atoms with Gasteiger partial charge in [-0.25, -0.2) is 0 Å². The van der Waals surface area contributed by atoms with Gasteiger partial charge in [-0.05, 0) is 18.1 Å². The maximum Gasteiger partial charge on any atom is 0.311 e. The summed E-state index contributed by atoms with van der Waals surface area (Å²) in [5.74, 6) is -0.392. The number of hydrogen-bond donors (Lipinski definition) is 0. The Morgan fingerprint density at radius 1 is 0.955 bits per heavy atom. The van der Waals surface area contributed by atoms with Gasteiger partial charge in [-0.15, -0.1) is 0 Å². The highest BCUT2D eigenvalue weighted by molar-refractivity contribution is 5.75. The molecule has 0 unspecified atom stereocenters. The fraction of sp³-hybridized carbons (Fsp3) is 0.316. The van der Waals surface area contributed by atoms with Crippen molar-refractivity contribution in [1.82, 2.24) is 0 Å². The molecule has 1 fully saturated rings. The molecule has 3 heteroatoms. The van der Waals surface area contributed by atoms with E-state index in [0.29, 0.717) is 13.0 Å². The average molecular weight is 296 g/mol. The molecule has 1 heterocycles. The van der Waals surface area contributed by atoms with E-state index in [1.54, 1.807) is 0 Å². The third kappa shape index (κ3) is 3.37. The SMILES string of the molecule is C[C@H]1C(=O)O[C@@H](Cc2ccccc2)[C@H]1OCc1ccccc1. The summed E-state index contributed by atoms with van der Waals surface area (Å²) in [5, 5.41) is 0. The maximum atomic E-state index is 11.9. The van der Waals surface area contributed by atoms with Crippen molar-refractivity contribution in [3.8, 4) is 0 Å². The fourth-order valence-corrected chi connectivity index (χ4v) is 2.80. The zero-order chi connectivity index (χ0) is 15.4. The molecule has 0 bridgehead atoms. The lowest BCUT2D eigenvalue weighted by Gasteiger charge is -2.20. The third-order valence-corrected chi connectivity index (χ3v) is 4.06. The van der Waals surface area contributed by atoms with Crippen LogP contribution in [0, 0.1) is 5.92 Å². The molecule has 0 N–H and O–H groups in total. The highest BCUT2D eigenvalue weighted by Crippen LogP contribution is 2.28. The minimum absolute atomic E-state index is 0.168. The van der Waals surface area contributed by atoms with E-state index in [1.807, 2.05) is 67.6 Å². The molecule has 0 saturated carbocycles. The van der Waals surface area contributed by atoms with Gasteiger partial charge in [0.25, 0.3) is 0 Å². The normalized spacial score (nSPS) is 24.2. The fourth-order valence-electron chi connectivity index (χ4n) is 2.80. The van der Waals surface area contributed by atoms with Gasteiger partial charge >= 0.3 is 5.97 Å². The molecule has 0 amide bonds. The first kappa shape index (κ1) is 14.8. The second kappa shape index (κ2) is 6.75. The van der Waals surface area contributed by atoms with Crippen molar-refractivity contribution in [2.75, 3.05) is 0 Å². The van der Waals surface area contributed by atoms with E-state index in [9.17, 15) is 4.79 Å². The number of ether oxygens (including phenoxy) is 2. The van der Waals surface area contributed by atoms with Crippen LogP contribution in [0.25, 0.3) is 0 Å². The maximum absolute atomic E-state index is 11.9. The highest BCUT2D eigenvalue weighted by atomic mass is 16.6. The minimum atomic E-state index is -0.225. The predicted octanol–water partition coefficient (Wildman–Crippen LogP) is 3.38. The molecular weight excluding hydrogens is 276 g/mol. The first-order chi connectivity index (χ1) is 10.7. The van der Waals surface area contributed by atoms with Crippen LogP contribution in [0.4, 0.5) is 0 Å². The van der Waals surface area contributed by atoms with Crippen LogP contribution in [0.2, 0.25) is 0 Å². The highest BCUT2D eigenvalue weighted by Gasteiger charge is 2.42. The van der Waals surface area contributed by atoms with Gasteiger partial charge in [0.2, 0.25) is 0 Å². The molecule has 0 aliphatic carbocycles. The van der Waals surface area contributed by atoms with Gasteiger partial charge in [-0.2, -0.15) is 0 Å². The van der Waals surface area contributed by atoms with E-state index >= 15 is 0 Å². The molecule has 3 nitrogen and oxygen atoms in total. The van der Waals surface area contributed by atoms with E-state index in [4.69, 9.17) is 9.47 Å². The van der Waals surface area contributed by atoms with Gasteiger partial charge in [0, 0.05) is 6.42 Å². The van der Waals surface area contributed by atoms with Crippen molar-refractivity contribution in [3.63, 3.8) is 0 Å². The van der Waals surface area contributed by atoms with Crippen LogP contribution >= 0.6 is 0 Å². The summed E-state index contributed by atoms with van der Waals surface area (Å²) in [7, 11) is 0. The topological polar surface area (TPSA) is 35.5 Å². The lowest BCUT2D eigenvalue weighted by Crippen LogP contribution is -2.30. The van der Waals surface area contributed by atoms with Gasteiger partial charge in [0.1, 0.15) is 12.2 Å². The van der Waals surface area contributed by atoms with E-state index in [-0.39, 0.29) is 24.1 Å². The lowest BCUT2D eigenvalue weighted by molar-refractivity contribution is -0.143. The molecule has 0 spiro atoms. The van der Waals surface area contributed by atoms with E-state index in [2.05, 4.69) is 0 Å². The van der Waals surface area contributed by atoms with Crippen LogP contribution < -0.4 is 0 Å². The minimum Gasteiger partial charge on any atom is -0.459 e. The van der Waals surface area contributed by atoms with Crippen LogP contribution in [-0.2, 0) is 27.3 Å². The Morgan fingerprint density at radius 3 is 2.18 bits per heavy atom. The summed E-state index contributed by atoms with van der Waals surface area (Å²) in [5.41, 5.74) is 2.26. The van der Waals surface area contributed by atoms with E-state index in [1.165, 1.54) is 0 Å². The number of cyclic esters (lactones) is 1. The molecule has 1 aliphatic heterocycles. The Balaban J connectivity index is 1.67. The number of esters is 1. The van der Waals surface area contributed by atoms with Gasteiger partial charge < -0.3 is 9.47 Å². The Bertz CT molecular complexity index is 609. The zero-order valence-corrected chi connectivity index (χ0v) is 12.6. The molecule has 1 aliphatic rings. The van der Waals surface area contributed by atoms with Crippen LogP contribution in [0.1, 0.15) is 18.1 Å². The monoisotopic (exact) mass is 296 g/mol. The smallest absolute Gasteiger partial charge is 0.311 e. The first-order valence-electron chi connectivity index (χ1n) is 7.64. The number of carbonyl (C=O) groups excluding carboxylic acids is 1. The Kier molecular flexibility index (Phi) is 4.54. The molecule has 0 radical (unpaired) electrons. The Labute approximate surface area is 130 Å². The quantitative estimate of drug-likeness (QED) is 0.794. The number of hydrogen-bond acceptors (Lipinski definition) is 3. The molecule has 114 valence electrons. The molecule has 2 aromatic rings. The van der Waals surface area contributed by atoms with Crippen LogP contribution in [0.5, 0.6) is 0 Å². The molecular formula is C19H20O3. The van der Waals surface area contributed by atoms with Gasteiger partial charge in [-0.1, -0.05) is 60.7 Å². The van der Waals surface area contributed by atoms with E-state index in [0.717, 1.165) is 11.1 Å². The van der Waals surface area contributed by atoms with Crippen molar-refractivity contribution < 1.29 is 14.3 Å². The second-order valence-corrected chi connectivity index (χ2v) is 5.71. The number of carbonyl (C=O) groups is 1. The Hall–Kier alpha value is -2.13. The Morgan fingerprint density at radius 2 is 1.55 bits per heavy atom. The zero-order valence-electron chi connectivity index (χ0n) is 12.6. The summed E-state index contributed by atoms with van der Waals surface area (Å²) < 4.78 is 11.5. The van der Waals surface area contributed by atoms with Crippen molar-refractivity contribution in [3.05, 3.63) is 71.8 Å². The first-order valence-corrected chi connectivity index (χ1v) is 7.64. The van der Waals surface area contributed by atoms with Crippen LogP contribution in [-0.4, -0.2) is 18.2 Å². The van der Waals surface area contributed by atoms with Crippen LogP contribution in [0.3, 0.4) is 0 Å². The van der Waals surface area contributed by atoms with Crippen molar-refractivity contribution >= 4 is 5.97 Å². The summed E-state index contributed by atoms with van der Waals surface area (Å²) >= 11 is 0. The lowest BCUT2D eigenvalue weighted by atomic mass is 9.98. The van der Waals surface area contributed by atoms with Gasteiger partial charge in [-0.3, -0.25) is 4.79 Å². The largest absolute Gasteiger partial charge is 0.459 e. The average Bonchev–Trinajstić information content (AvgIpc) is 2.81. The molecule has 3 rings (SSSR count). The third-order valence-electron chi connectivity index (χ3n) is 4.06. The number of rotatable bonds is 5. The second-order valence-electron chi connectivity index (χ2n) is 5.71. The summed E-state index contributed by atoms with van der Waals surface area (Å²) in [6.45, 7) is 2.38. The standard InChI is InChI=1S/C19H20O3/c1-14-18(21-13-16-10-6-3-7-11-16)17(22-19(14)20)12-15-8-4-2-5-9-15/h2-11,14,17-18H,12-13H2,1H3/t14-,17+,18+/m1/s1. The summed E-state index contributed by atoms with van der Waals surface area (Å²) in [6, 6.07) is 20.1. The van der Waals surface area contributed by atoms with Crippen molar-refractivity contribution in [2.45, 2.75) is 32.2 Å². The summed E-state index contributed by atoms with van der Waals surface area (Å²) in [6.07, 6.45) is 0.276. The molecule has 22 heavy (non-hydrogen) atoms. The van der Waals surface area contributed by atoms with Gasteiger partial charge in [0.05, 0.1) is 12.5 Å². The molecule has 3 atom stereocenters. The van der Waals surface area contributed by atoms with E-state index < -0.39 is 0 Å². The molecule has 1 saturated heterocycles. The van der Waals surface area contributed by atoms with Crippen LogP contribution in [0.15, 0.2) is 60.7 Å².